The van der Waals surface area contributed by atoms with Gasteiger partial charge >= 0.3 is 5.97 Å². The van der Waals surface area contributed by atoms with Crippen molar-refractivity contribution in [1.82, 2.24) is 0 Å². The number of rotatable bonds is 8. The number of hydrogen-bond acceptors (Lipinski definition) is 3. The normalized spacial score (nSPS) is 10.5. The zero-order chi connectivity index (χ0) is 17.4. The van der Waals surface area contributed by atoms with Crippen molar-refractivity contribution in [3.05, 3.63) is 64.7 Å². The Labute approximate surface area is 144 Å². The summed E-state index contributed by atoms with van der Waals surface area (Å²) >= 11 is 0. The predicted octanol–water partition coefficient (Wildman–Crippen LogP) is 4.77. The molecule has 0 aliphatic carbocycles. The van der Waals surface area contributed by atoms with Crippen molar-refractivity contribution in [3.8, 4) is 5.75 Å². The maximum atomic E-state index is 11.4. The van der Waals surface area contributed by atoms with E-state index in [4.69, 9.17) is 9.47 Å². The molecule has 0 saturated heterocycles. The van der Waals surface area contributed by atoms with Gasteiger partial charge in [-0.2, -0.15) is 0 Å². The fraction of sp³-hybridized carbons (Fsp3) is 0.381. The first-order chi connectivity index (χ1) is 11.6. The van der Waals surface area contributed by atoms with E-state index in [0.717, 1.165) is 18.6 Å². The summed E-state index contributed by atoms with van der Waals surface area (Å²) in [5.74, 6) is 0.742. The topological polar surface area (TPSA) is 35.5 Å². The largest absolute Gasteiger partial charge is 0.489 e. The maximum absolute atomic E-state index is 11.4. The standard InChI is InChI=1S/C21H26O3/c1-4-23-21(22)13-7-11-18-10-6-12-19(14-18)24-15-20-16(2)8-5-9-17(20)3/h5-6,8-10,12,14H,4,7,11,13,15H2,1-3H3. The third-order valence-corrected chi connectivity index (χ3v) is 4.08. The molecule has 3 heteroatoms. The van der Waals surface area contributed by atoms with Crippen LogP contribution in [-0.4, -0.2) is 12.6 Å². The van der Waals surface area contributed by atoms with E-state index in [1.807, 2.05) is 19.1 Å². The fourth-order valence-corrected chi connectivity index (χ4v) is 2.69. The van der Waals surface area contributed by atoms with Gasteiger partial charge in [-0.1, -0.05) is 30.3 Å². The molecule has 24 heavy (non-hydrogen) atoms. The Bertz CT molecular complexity index is 656. The first kappa shape index (κ1) is 18.1. The zero-order valence-electron chi connectivity index (χ0n) is 14.8. The minimum Gasteiger partial charge on any atom is -0.489 e. The quantitative estimate of drug-likeness (QED) is 0.656. The molecular weight excluding hydrogens is 300 g/mol. The van der Waals surface area contributed by atoms with Crippen LogP contribution in [0.3, 0.4) is 0 Å². The Kier molecular flexibility index (Phi) is 6.86. The van der Waals surface area contributed by atoms with Gasteiger partial charge in [-0.25, -0.2) is 0 Å². The summed E-state index contributed by atoms with van der Waals surface area (Å²) in [5.41, 5.74) is 4.92. The number of hydrogen-bond donors (Lipinski definition) is 0. The minimum absolute atomic E-state index is 0.125. The fourth-order valence-electron chi connectivity index (χ4n) is 2.69. The van der Waals surface area contributed by atoms with Crippen LogP contribution in [0.5, 0.6) is 5.75 Å². The molecule has 0 fully saturated rings. The molecule has 0 aromatic heterocycles. The summed E-state index contributed by atoms with van der Waals surface area (Å²) in [5, 5.41) is 0. The van der Waals surface area contributed by atoms with Gasteiger partial charge in [0, 0.05) is 6.42 Å². The van der Waals surface area contributed by atoms with Crippen LogP contribution >= 0.6 is 0 Å². The lowest BCUT2D eigenvalue weighted by Gasteiger charge is -2.12. The average Bonchev–Trinajstić information content (AvgIpc) is 2.55. The second kappa shape index (κ2) is 9.11. The molecule has 3 nitrogen and oxygen atoms in total. The number of carbonyl (C=O) groups excluding carboxylic acids is 1. The van der Waals surface area contributed by atoms with E-state index in [0.29, 0.717) is 19.6 Å². The molecule has 0 atom stereocenters. The van der Waals surface area contributed by atoms with Crippen molar-refractivity contribution in [2.24, 2.45) is 0 Å². The molecule has 2 aromatic carbocycles. The summed E-state index contributed by atoms with van der Waals surface area (Å²) in [6, 6.07) is 14.4. The smallest absolute Gasteiger partial charge is 0.305 e. The highest BCUT2D eigenvalue weighted by Crippen LogP contribution is 2.19. The lowest BCUT2D eigenvalue weighted by molar-refractivity contribution is -0.143. The molecule has 0 heterocycles. The van der Waals surface area contributed by atoms with Crippen molar-refractivity contribution in [1.29, 1.82) is 0 Å². The zero-order valence-corrected chi connectivity index (χ0v) is 14.8. The molecule has 0 bridgehead atoms. The monoisotopic (exact) mass is 326 g/mol. The number of benzene rings is 2. The van der Waals surface area contributed by atoms with Crippen LogP contribution < -0.4 is 4.74 Å². The minimum atomic E-state index is -0.125. The van der Waals surface area contributed by atoms with Crippen LogP contribution in [0.2, 0.25) is 0 Å². The van der Waals surface area contributed by atoms with Crippen LogP contribution in [0.4, 0.5) is 0 Å². The van der Waals surface area contributed by atoms with Gasteiger partial charge < -0.3 is 9.47 Å². The molecule has 0 N–H and O–H groups in total. The van der Waals surface area contributed by atoms with E-state index in [1.54, 1.807) is 0 Å². The number of carbonyl (C=O) groups is 1. The molecule has 0 saturated carbocycles. The Balaban J connectivity index is 1.89. The summed E-state index contributed by atoms with van der Waals surface area (Å²) in [7, 11) is 0. The van der Waals surface area contributed by atoms with Crippen LogP contribution in [0.25, 0.3) is 0 Å². The molecule has 128 valence electrons. The van der Waals surface area contributed by atoms with E-state index < -0.39 is 0 Å². The van der Waals surface area contributed by atoms with Crippen molar-refractivity contribution < 1.29 is 14.3 Å². The molecular formula is C21H26O3. The van der Waals surface area contributed by atoms with Crippen LogP contribution in [0, 0.1) is 13.8 Å². The molecule has 0 aliphatic rings. The van der Waals surface area contributed by atoms with Gasteiger partial charge in [0.2, 0.25) is 0 Å². The van der Waals surface area contributed by atoms with E-state index in [-0.39, 0.29) is 5.97 Å². The molecule has 0 radical (unpaired) electrons. The Hall–Kier alpha value is -2.29. The van der Waals surface area contributed by atoms with Gasteiger partial charge in [0.25, 0.3) is 0 Å². The van der Waals surface area contributed by atoms with E-state index in [1.165, 1.54) is 22.3 Å². The first-order valence-electron chi connectivity index (χ1n) is 8.52. The third-order valence-electron chi connectivity index (χ3n) is 4.08. The molecule has 0 spiro atoms. The highest BCUT2D eigenvalue weighted by Gasteiger charge is 2.05. The van der Waals surface area contributed by atoms with Gasteiger partial charge in [0.15, 0.2) is 0 Å². The Morgan fingerprint density at radius 1 is 1.04 bits per heavy atom. The van der Waals surface area contributed by atoms with Crippen molar-refractivity contribution in [2.45, 2.75) is 46.6 Å². The summed E-state index contributed by atoms with van der Waals surface area (Å²) in [4.78, 5) is 11.4. The second-order valence-corrected chi connectivity index (χ2v) is 5.97. The summed E-state index contributed by atoms with van der Waals surface area (Å²) in [6.07, 6.45) is 2.10. The van der Waals surface area contributed by atoms with E-state index in [2.05, 4.69) is 44.2 Å². The van der Waals surface area contributed by atoms with Crippen LogP contribution in [0.1, 0.15) is 42.0 Å². The Morgan fingerprint density at radius 2 is 1.75 bits per heavy atom. The van der Waals surface area contributed by atoms with Gasteiger partial charge in [0.05, 0.1) is 6.61 Å². The summed E-state index contributed by atoms with van der Waals surface area (Å²) < 4.78 is 10.9. The van der Waals surface area contributed by atoms with Gasteiger partial charge in [-0.15, -0.1) is 0 Å². The summed E-state index contributed by atoms with van der Waals surface area (Å²) in [6.45, 7) is 7.06. The highest BCUT2D eigenvalue weighted by molar-refractivity contribution is 5.69. The van der Waals surface area contributed by atoms with E-state index >= 15 is 0 Å². The SMILES string of the molecule is CCOC(=O)CCCc1cccc(OCc2c(C)cccc2C)c1. The first-order valence-corrected chi connectivity index (χ1v) is 8.52. The lowest BCUT2D eigenvalue weighted by Crippen LogP contribution is -2.04. The van der Waals surface area contributed by atoms with E-state index in [9.17, 15) is 4.79 Å². The maximum Gasteiger partial charge on any atom is 0.305 e. The number of aryl methyl sites for hydroxylation is 3. The van der Waals surface area contributed by atoms with Crippen molar-refractivity contribution in [3.63, 3.8) is 0 Å². The predicted molar refractivity (Wildman–Crippen MR) is 96.3 cm³/mol. The van der Waals surface area contributed by atoms with Gasteiger partial charge in [0.1, 0.15) is 12.4 Å². The number of ether oxygens (including phenoxy) is 2. The van der Waals surface area contributed by atoms with Crippen molar-refractivity contribution >= 4 is 5.97 Å². The highest BCUT2D eigenvalue weighted by atomic mass is 16.5. The van der Waals surface area contributed by atoms with Crippen LogP contribution in [-0.2, 0) is 22.6 Å². The van der Waals surface area contributed by atoms with Crippen molar-refractivity contribution in [2.75, 3.05) is 6.61 Å². The number of esters is 1. The lowest BCUT2D eigenvalue weighted by atomic mass is 10.0. The molecule has 2 aromatic rings. The molecule has 0 aliphatic heterocycles. The van der Waals surface area contributed by atoms with Crippen LogP contribution in [0.15, 0.2) is 42.5 Å². The molecule has 0 unspecified atom stereocenters. The molecule has 2 rings (SSSR count). The molecule has 0 amide bonds. The van der Waals surface area contributed by atoms with Gasteiger partial charge in [-0.05, 0) is 68.0 Å². The Morgan fingerprint density at radius 3 is 2.46 bits per heavy atom. The third kappa shape index (κ3) is 5.41. The average molecular weight is 326 g/mol. The second-order valence-electron chi connectivity index (χ2n) is 5.97. The van der Waals surface area contributed by atoms with Gasteiger partial charge in [-0.3, -0.25) is 4.79 Å².